The van der Waals surface area contributed by atoms with Gasteiger partial charge in [0.1, 0.15) is 12.4 Å². The summed E-state index contributed by atoms with van der Waals surface area (Å²) in [6.07, 6.45) is 2.20. The van der Waals surface area contributed by atoms with Gasteiger partial charge in [-0.05, 0) is 50.7 Å². The Hall–Kier alpha value is -1.04. The molecule has 1 fully saturated rings. The van der Waals surface area contributed by atoms with Gasteiger partial charge in [-0.1, -0.05) is 12.1 Å². The molecule has 104 valence electrons. The van der Waals surface area contributed by atoms with Gasteiger partial charge in [0.25, 0.3) is 0 Å². The van der Waals surface area contributed by atoms with Crippen molar-refractivity contribution in [2.45, 2.75) is 45.3 Å². The zero-order valence-electron chi connectivity index (χ0n) is 11.7. The molecule has 0 radical (unpaired) electrons. The van der Waals surface area contributed by atoms with E-state index in [9.17, 15) is 0 Å². The number of hydrogen-bond donors (Lipinski definition) is 2. The second kappa shape index (κ2) is 5.53. The predicted octanol–water partition coefficient (Wildman–Crippen LogP) is 1.01. The van der Waals surface area contributed by atoms with Crippen molar-refractivity contribution in [2.24, 2.45) is 0 Å². The van der Waals surface area contributed by atoms with Crippen molar-refractivity contribution in [2.75, 3.05) is 6.61 Å². The number of aryl methyl sites for hydroxylation is 1. The van der Waals surface area contributed by atoms with E-state index in [2.05, 4.69) is 13.8 Å². The van der Waals surface area contributed by atoms with Crippen LogP contribution in [0.15, 0.2) is 18.2 Å². The minimum absolute atomic E-state index is 0.0477. The predicted molar refractivity (Wildman–Crippen MR) is 74.7 cm³/mol. The fourth-order valence-corrected chi connectivity index (χ4v) is 2.37. The van der Waals surface area contributed by atoms with Crippen LogP contribution in [-0.4, -0.2) is 35.5 Å². The molecule has 2 rings (SSSR count). The summed E-state index contributed by atoms with van der Waals surface area (Å²) in [5.74, 6) is 0.762. The first-order valence-electron chi connectivity index (χ1n) is 6.65. The highest BCUT2D eigenvalue weighted by Gasteiger charge is 2.31. The lowest BCUT2D eigenvalue weighted by Gasteiger charge is -2.20. The maximum absolute atomic E-state index is 9.09. The fourth-order valence-electron chi connectivity index (χ4n) is 2.37. The molecule has 0 saturated carbocycles. The quantitative estimate of drug-likeness (QED) is 0.797. The van der Waals surface area contributed by atoms with Crippen molar-refractivity contribution < 1.29 is 19.5 Å². The van der Waals surface area contributed by atoms with Gasteiger partial charge in [-0.2, -0.15) is 0 Å². The Bertz CT molecular complexity index is 445. The standard InChI is InChI=1S/C14H21BO4/c1-10-8-11(15(16)17)4-5-13(10)18-9-12-6-7-14(2,3)19-12/h4-5,8,12,16-17H,6-7,9H2,1-3H3. The Balaban J connectivity index is 1.93. The molecule has 0 amide bonds. The molecule has 1 aromatic carbocycles. The topological polar surface area (TPSA) is 58.9 Å². The zero-order valence-corrected chi connectivity index (χ0v) is 11.7. The second-order valence-electron chi connectivity index (χ2n) is 5.75. The highest BCUT2D eigenvalue weighted by atomic mass is 16.6. The lowest BCUT2D eigenvalue weighted by Crippen LogP contribution is -2.30. The summed E-state index contributed by atoms with van der Waals surface area (Å²) >= 11 is 0. The number of rotatable bonds is 4. The lowest BCUT2D eigenvalue weighted by atomic mass is 9.79. The van der Waals surface area contributed by atoms with Crippen molar-refractivity contribution in [3.63, 3.8) is 0 Å². The molecule has 0 aromatic heterocycles. The molecule has 1 aliphatic heterocycles. The first-order chi connectivity index (χ1) is 8.87. The van der Waals surface area contributed by atoms with E-state index in [1.54, 1.807) is 18.2 Å². The fraction of sp³-hybridized carbons (Fsp3) is 0.571. The summed E-state index contributed by atoms with van der Waals surface area (Å²) in [4.78, 5) is 0. The van der Waals surface area contributed by atoms with Gasteiger partial charge in [0, 0.05) is 0 Å². The number of hydrogen-bond acceptors (Lipinski definition) is 4. The van der Waals surface area contributed by atoms with Crippen LogP contribution in [0.25, 0.3) is 0 Å². The Morgan fingerprint density at radius 2 is 2.16 bits per heavy atom. The van der Waals surface area contributed by atoms with Crippen LogP contribution >= 0.6 is 0 Å². The van der Waals surface area contributed by atoms with E-state index in [-0.39, 0.29) is 11.7 Å². The monoisotopic (exact) mass is 264 g/mol. The molecular formula is C14H21BO4. The molecule has 1 saturated heterocycles. The molecule has 0 aliphatic carbocycles. The van der Waals surface area contributed by atoms with Crippen molar-refractivity contribution in [3.8, 4) is 5.75 Å². The van der Waals surface area contributed by atoms with E-state index >= 15 is 0 Å². The normalized spacial score (nSPS) is 21.4. The van der Waals surface area contributed by atoms with Gasteiger partial charge < -0.3 is 19.5 Å². The molecule has 0 bridgehead atoms. The van der Waals surface area contributed by atoms with Gasteiger partial charge in [0.2, 0.25) is 0 Å². The van der Waals surface area contributed by atoms with Gasteiger partial charge in [-0.3, -0.25) is 0 Å². The van der Waals surface area contributed by atoms with Crippen LogP contribution in [0, 0.1) is 6.92 Å². The average Bonchev–Trinajstić information content (AvgIpc) is 2.67. The van der Waals surface area contributed by atoms with E-state index in [1.165, 1.54) is 0 Å². The third-order valence-corrected chi connectivity index (χ3v) is 3.48. The summed E-state index contributed by atoms with van der Waals surface area (Å²) < 4.78 is 11.6. The maximum atomic E-state index is 9.09. The first-order valence-corrected chi connectivity index (χ1v) is 6.65. The maximum Gasteiger partial charge on any atom is 0.488 e. The third kappa shape index (κ3) is 3.72. The van der Waals surface area contributed by atoms with Crippen LogP contribution < -0.4 is 10.2 Å². The largest absolute Gasteiger partial charge is 0.491 e. The van der Waals surface area contributed by atoms with Gasteiger partial charge >= 0.3 is 7.12 Å². The van der Waals surface area contributed by atoms with Gasteiger partial charge in [-0.15, -0.1) is 0 Å². The average molecular weight is 264 g/mol. The molecule has 0 spiro atoms. The van der Waals surface area contributed by atoms with Crippen LogP contribution in [0.2, 0.25) is 0 Å². The van der Waals surface area contributed by atoms with Crippen molar-refractivity contribution in [1.82, 2.24) is 0 Å². The highest BCUT2D eigenvalue weighted by molar-refractivity contribution is 6.58. The molecule has 19 heavy (non-hydrogen) atoms. The summed E-state index contributed by atoms with van der Waals surface area (Å²) in [6, 6.07) is 5.15. The van der Waals surface area contributed by atoms with Crippen LogP contribution in [0.4, 0.5) is 0 Å². The number of benzene rings is 1. The molecule has 1 heterocycles. The van der Waals surface area contributed by atoms with Gasteiger partial charge in [-0.25, -0.2) is 0 Å². The molecule has 4 nitrogen and oxygen atoms in total. The van der Waals surface area contributed by atoms with E-state index in [0.717, 1.165) is 24.2 Å². The summed E-state index contributed by atoms with van der Waals surface area (Å²) in [7, 11) is -1.44. The summed E-state index contributed by atoms with van der Waals surface area (Å²) in [5.41, 5.74) is 1.32. The van der Waals surface area contributed by atoms with Crippen LogP contribution in [-0.2, 0) is 4.74 Å². The zero-order chi connectivity index (χ0) is 14.0. The van der Waals surface area contributed by atoms with Crippen LogP contribution in [0.3, 0.4) is 0 Å². The van der Waals surface area contributed by atoms with Crippen molar-refractivity contribution >= 4 is 12.6 Å². The van der Waals surface area contributed by atoms with E-state index in [0.29, 0.717) is 12.1 Å². The Morgan fingerprint density at radius 3 is 2.68 bits per heavy atom. The van der Waals surface area contributed by atoms with Gasteiger partial charge in [0.15, 0.2) is 0 Å². The van der Waals surface area contributed by atoms with Gasteiger partial charge in [0.05, 0.1) is 11.7 Å². The minimum atomic E-state index is -1.44. The van der Waals surface area contributed by atoms with Crippen LogP contribution in [0.5, 0.6) is 5.75 Å². The smallest absolute Gasteiger partial charge is 0.488 e. The Labute approximate surface area is 114 Å². The number of ether oxygens (including phenoxy) is 2. The summed E-state index contributed by atoms with van der Waals surface area (Å²) in [6.45, 7) is 6.61. The summed E-state index contributed by atoms with van der Waals surface area (Å²) in [5, 5.41) is 18.2. The van der Waals surface area contributed by atoms with Crippen molar-refractivity contribution in [1.29, 1.82) is 0 Å². The SMILES string of the molecule is Cc1cc(B(O)O)ccc1OCC1CCC(C)(C)O1. The Kier molecular flexibility index (Phi) is 4.18. The molecule has 1 aliphatic rings. The third-order valence-electron chi connectivity index (χ3n) is 3.48. The second-order valence-corrected chi connectivity index (χ2v) is 5.75. The highest BCUT2D eigenvalue weighted by Crippen LogP contribution is 2.29. The van der Waals surface area contributed by atoms with Crippen molar-refractivity contribution in [3.05, 3.63) is 23.8 Å². The van der Waals surface area contributed by atoms with Crippen LogP contribution in [0.1, 0.15) is 32.3 Å². The Morgan fingerprint density at radius 1 is 1.42 bits per heavy atom. The first kappa shape index (κ1) is 14.4. The molecule has 5 heteroatoms. The molecule has 1 unspecified atom stereocenters. The molecule has 1 aromatic rings. The van der Waals surface area contributed by atoms with E-state index in [1.807, 2.05) is 6.92 Å². The lowest BCUT2D eigenvalue weighted by molar-refractivity contribution is -0.0327. The minimum Gasteiger partial charge on any atom is -0.491 e. The van der Waals surface area contributed by atoms with E-state index in [4.69, 9.17) is 19.5 Å². The molecule has 2 N–H and O–H groups in total. The molecule has 1 atom stereocenters. The van der Waals surface area contributed by atoms with E-state index < -0.39 is 7.12 Å². The molecular weight excluding hydrogens is 243 g/mol.